The van der Waals surface area contributed by atoms with Crippen LogP contribution < -0.4 is 15.0 Å². The van der Waals surface area contributed by atoms with Crippen molar-refractivity contribution in [2.75, 3.05) is 23.8 Å². The summed E-state index contributed by atoms with van der Waals surface area (Å²) < 4.78 is 7.33. The van der Waals surface area contributed by atoms with Crippen molar-refractivity contribution >= 4 is 29.3 Å². The summed E-state index contributed by atoms with van der Waals surface area (Å²) in [5.74, 6) is 1.41. The van der Waals surface area contributed by atoms with Crippen molar-refractivity contribution in [1.29, 1.82) is 0 Å². The van der Waals surface area contributed by atoms with Crippen LogP contribution in [0.5, 0.6) is 5.75 Å². The molecule has 2 heterocycles. The van der Waals surface area contributed by atoms with Crippen LogP contribution in [0.3, 0.4) is 0 Å². The van der Waals surface area contributed by atoms with Gasteiger partial charge < -0.3 is 15.0 Å². The van der Waals surface area contributed by atoms with Gasteiger partial charge in [-0.15, -0.1) is 11.8 Å². The molecule has 1 aromatic heterocycles. The van der Waals surface area contributed by atoms with Gasteiger partial charge >= 0.3 is 0 Å². The molecule has 0 saturated carbocycles. The smallest absolute Gasteiger partial charge is 0.227 e. The number of rotatable bonds is 8. The zero-order chi connectivity index (χ0) is 23.2. The van der Waals surface area contributed by atoms with Gasteiger partial charge in [0.25, 0.3) is 0 Å². The van der Waals surface area contributed by atoms with E-state index < -0.39 is 0 Å². The minimum Gasteiger partial charge on any atom is -0.494 e. The molecule has 1 aliphatic heterocycles. The van der Waals surface area contributed by atoms with Gasteiger partial charge in [-0.25, -0.2) is 4.68 Å². The Kier molecular flexibility index (Phi) is 7.34. The molecule has 2 amide bonds. The summed E-state index contributed by atoms with van der Waals surface area (Å²) in [6.45, 7) is 5.52. The Morgan fingerprint density at radius 3 is 2.58 bits per heavy atom. The normalized spacial score (nSPS) is 12.8. The maximum Gasteiger partial charge on any atom is 0.227 e. The number of fused-ring (bicyclic) bond motifs is 1. The Morgan fingerprint density at radius 1 is 1.09 bits per heavy atom. The molecular formula is C25H28N4O3S. The third kappa shape index (κ3) is 5.39. The number of benzene rings is 2. The first kappa shape index (κ1) is 22.9. The maximum atomic E-state index is 13.0. The molecule has 8 heteroatoms. The van der Waals surface area contributed by atoms with Gasteiger partial charge in [0.05, 0.1) is 23.7 Å². The second-order valence-electron chi connectivity index (χ2n) is 7.73. The topological polar surface area (TPSA) is 76.5 Å². The number of anilines is 1. The fourth-order valence-electron chi connectivity index (χ4n) is 3.79. The molecule has 0 fully saturated rings. The molecule has 0 bridgehead atoms. The lowest BCUT2D eigenvalue weighted by atomic mass is 10.2. The molecule has 3 aromatic rings. The number of thioether (sulfide) groups is 1. The summed E-state index contributed by atoms with van der Waals surface area (Å²) in [5, 5.41) is 8.55. The van der Waals surface area contributed by atoms with Crippen LogP contribution in [-0.4, -0.2) is 40.5 Å². The molecule has 2 aromatic carbocycles. The van der Waals surface area contributed by atoms with Gasteiger partial charge in [0, 0.05) is 31.7 Å². The van der Waals surface area contributed by atoms with Gasteiger partial charge in [-0.2, -0.15) is 5.10 Å². The van der Waals surface area contributed by atoms with E-state index >= 15 is 0 Å². The maximum absolute atomic E-state index is 13.0. The van der Waals surface area contributed by atoms with Crippen LogP contribution in [0.1, 0.15) is 31.0 Å². The first-order chi connectivity index (χ1) is 16.1. The second-order valence-corrected chi connectivity index (χ2v) is 8.82. The lowest BCUT2D eigenvalue weighted by Gasteiger charge is -2.27. The van der Waals surface area contributed by atoms with Gasteiger partial charge in [0.15, 0.2) is 0 Å². The van der Waals surface area contributed by atoms with E-state index in [1.165, 1.54) is 0 Å². The highest BCUT2D eigenvalue weighted by molar-refractivity contribution is 7.99. The van der Waals surface area contributed by atoms with E-state index in [0.29, 0.717) is 19.7 Å². The number of aryl methyl sites for hydroxylation is 1. The Hall–Kier alpha value is -3.26. The summed E-state index contributed by atoms with van der Waals surface area (Å²) >= 11 is 1.70. The number of nitrogens with zero attached hydrogens (tertiary/aromatic N) is 3. The molecule has 33 heavy (non-hydrogen) atoms. The predicted octanol–water partition coefficient (Wildman–Crippen LogP) is 4.11. The first-order valence-corrected chi connectivity index (χ1v) is 12.1. The number of amides is 2. The highest BCUT2D eigenvalue weighted by atomic mass is 32.2. The fraction of sp³-hybridized carbons (Fsp3) is 0.320. The van der Waals surface area contributed by atoms with Gasteiger partial charge in [-0.1, -0.05) is 30.3 Å². The van der Waals surface area contributed by atoms with Crippen LogP contribution >= 0.6 is 11.8 Å². The molecule has 0 atom stereocenters. The summed E-state index contributed by atoms with van der Waals surface area (Å²) in [6.07, 6.45) is 0.315. The van der Waals surface area contributed by atoms with Crippen molar-refractivity contribution in [3.05, 3.63) is 65.9 Å². The van der Waals surface area contributed by atoms with Crippen LogP contribution in [0.2, 0.25) is 0 Å². The Bertz CT molecular complexity index is 1110. The van der Waals surface area contributed by atoms with Crippen molar-refractivity contribution in [3.8, 4) is 11.4 Å². The molecule has 0 unspecified atom stereocenters. The van der Waals surface area contributed by atoms with E-state index in [-0.39, 0.29) is 24.7 Å². The molecule has 1 aliphatic rings. The highest BCUT2D eigenvalue weighted by Crippen LogP contribution is 2.39. The number of carbonyl (C=O) groups is 2. The fourth-order valence-corrected chi connectivity index (χ4v) is 4.92. The van der Waals surface area contributed by atoms with Gasteiger partial charge in [-0.05, 0) is 43.7 Å². The monoisotopic (exact) mass is 464 g/mol. The number of hydrogen-bond donors (Lipinski definition) is 1. The third-order valence-electron chi connectivity index (χ3n) is 5.40. The number of carbonyl (C=O) groups excluding carboxylic acids is 2. The molecule has 0 spiro atoms. The molecule has 1 N–H and O–H groups in total. The number of para-hydroxylation sites is 1. The number of hydrogen-bond acceptors (Lipinski definition) is 5. The van der Waals surface area contributed by atoms with E-state index in [4.69, 9.17) is 4.74 Å². The summed E-state index contributed by atoms with van der Waals surface area (Å²) in [4.78, 5) is 27.2. The van der Waals surface area contributed by atoms with Crippen LogP contribution in [0.15, 0.2) is 59.6 Å². The Morgan fingerprint density at radius 2 is 1.85 bits per heavy atom. The molecule has 0 radical (unpaired) electrons. The van der Waals surface area contributed by atoms with Crippen molar-refractivity contribution in [2.24, 2.45) is 0 Å². The molecule has 172 valence electrons. The molecular weight excluding hydrogens is 436 g/mol. The van der Waals surface area contributed by atoms with Crippen LogP contribution in [-0.2, 0) is 16.1 Å². The molecule has 7 nitrogen and oxygen atoms in total. The Labute approximate surface area is 198 Å². The van der Waals surface area contributed by atoms with Crippen molar-refractivity contribution < 1.29 is 14.3 Å². The van der Waals surface area contributed by atoms with E-state index in [9.17, 15) is 9.59 Å². The quantitative estimate of drug-likeness (QED) is 0.543. The average Bonchev–Trinajstić information content (AvgIpc) is 3.19. The number of aromatic nitrogens is 2. The van der Waals surface area contributed by atoms with Gasteiger partial charge in [0.1, 0.15) is 10.8 Å². The zero-order valence-electron chi connectivity index (χ0n) is 18.9. The van der Waals surface area contributed by atoms with Crippen LogP contribution in [0.4, 0.5) is 5.69 Å². The zero-order valence-corrected chi connectivity index (χ0v) is 19.7. The second kappa shape index (κ2) is 10.6. The van der Waals surface area contributed by atoms with Gasteiger partial charge in [0.2, 0.25) is 11.8 Å². The molecule has 4 rings (SSSR count). The lowest BCUT2D eigenvalue weighted by Crippen LogP contribution is -2.36. The molecule has 0 saturated heterocycles. The van der Waals surface area contributed by atoms with Crippen molar-refractivity contribution in [1.82, 2.24) is 15.1 Å². The third-order valence-corrected chi connectivity index (χ3v) is 6.43. The lowest BCUT2D eigenvalue weighted by molar-refractivity contribution is -0.125. The van der Waals surface area contributed by atoms with E-state index in [2.05, 4.69) is 10.4 Å². The van der Waals surface area contributed by atoms with E-state index in [1.807, 2.05) is 73.1 Å². The Balaban J connectivity index is 1.35. The minimum atomic E-state index is -0.138. The average molecular weight is 465 g/mol. The first-order valence-electron chi connectivity index (χ1n) is 11.1. The predicted molar refractivity (Wildman–Crippen MR) is 130 cm³/mol. The summed E-state index contributed by atoms with van der Waals surface area (Å²) in [7, 11) is 0. The van der Waals surface area contributed by atoms with Gasteiger partial charge in [-0.3, -0.25) is 9.59 Å². The molecule has 0 aliphatic carbocycles. The SMILES string of the molecule is CCOc1ccc(CNC(=O)CCC(=O)N2CCSc3c2c(C)nn3-c2ccccc2)cc1. The van der Waals surface area contributed by atoms with Crippen molar-refractivity contribution in [3.63, 3.8) is 0 Å². The number of ether oxygens (including phenoxy) is 1. The van der Waals surface area contributed by atoms with Crippen molar-refractivity contribution in [2.45, 2.75) is 38.3 Å². The highest BCUT2D eigenvalue weighted by Gasteiger charge is 2.29. The summed E-state index contributed by atoms with van der Waals surface area (Å²) in [5.41, 5.74) is 3.63. The largest absolute Gasteiger partial charge is 0.494 e. The van der Waals surface area contributed by atoms with E-state index in [0.717, 1.165) is 39.2 Å². The van der Waals surface area contributed by atoms with Crippen LogP contribution in [0, 0.1) is 6.92 Å². The summed E-state index contributed by atoms with van der Waals surface area (Å²) in [6, 6.07) is 17.5. The number of nitrogens with one attached hydrogen (secondary N) is 1. The standard InChI is InChI=1S/C25H28N4O3S/c1-3-32-21-11-9-19(10-12-21)17-26-22(30)13-14-23(31)28-15-16-33-25-24(28)18(2)27-29(25)20-7-5-4-6-8-20/h4-12H,3,13-17H2,1-2H3,(H,26,30). The van der Waals surface area contributed by atoms with Crippen LogP contribution in [0.25, 0.3) is 5.69 Å². The van der Waals surface area contributed by atoms with E-state index in [1.54, 1.807) is 16.7 Å². The minimum absolute atomic E-state index is 0.0523.